The molecular formula is C22H24N2O2. The van der Waals surface area contributed by atoms with Crippen molar-refractivity contribution in [3.05, 3.63) is 46.5 Å². The minimum Gasteiger partial charge on any atom is -0.293 e. The molecule has 0 radical (unpaired) electrons. The third-order valence-corrected chi connectivity index (χ3v) is 3.63. The van der Waals surface area contributed by atoms with Crippen LogP contribution in [0.3, 0.4) is 0 Å². The van der Waals surface area contributed by atoms with E-state index in [2.05, 4.69) is 0 Å². The highest BCUT2D eigenvalue weighted by molar-refractivity contribution is 6.07. The van der Waals surface area contributed by atoms with Crippen molar-refractivity contribution in [1.82, 2.24) is 0 Å². The van der Waals surface area contributed by atoms with Gasteiger partial charge in [0.05, 0.1) is 11.1 Å². The normalized spacial score (nSPS) is 12.9. The van der Waals surface area contributed by atoms with E-state index in [0.29, 0.717) is 11.1 Å². The Morgan fingerprint density at radius 3 is 1.42 bits per heavy atom. The van der Waals surface area contributed by atoms with Crippen LogP contribution in [0.5, 0.6) is 0 Å². The van der Waals surface area contributed by atoms with Gasteiger partial charge in [-0.2, -0.15) is 10.5 Å². The van der Waals surface area contributed by atoms with Gasteiger partial charge < -0.3 is 0 Å². The first kappa shape index (κ1) is 21.1. The summed E-state index contributed by atoms with van der Waals surface area (Å²) in [6, 6.07) is 10.9. The van der Waals surface area contributed by atoms with Crippen molar-refractivity contribution in [2.45, 2.75) is 41.5 Å². The maximum absolute atomic E-state index is 12.3. The molecule has 0 amide bonds. The molecule has 0 fully saturated rings. The Morgan fingerprint density at radius 2 is 1.15 bits per heavy atom. The van der Waals surface area contributed by atoms with Crippen LogP contribution in [0.1, 0.15) is 52.7 Å². The van der Waals surface area contributed by atoms with Gasteiger partial charge in [-0.1, -0.05) is 59.7 Å². The van der Waals surface area contributed by atoms with Gasteiger partial charge >= 0.3 is 0 Å². The molecule has 0 atom stereocenters. The predicted molar refractivity (Wildman–Crippen MR) is 103 cm³/mol. The van der Waals surface area contributed by atoms with E-state index in [1.165, 1.54) is 12.2 Å². The molecule has 0 spiro atoms. The lowest BCUT2D eigenvalue weighted by atomic mass is 9.85. The van der Waals surface area contributed by atoms with Crippen LogP contribution in [0.15, 0.2) is 35.4 Å². The minimum absolute atomic E-state index is 0.0740. The van der Waals surface area contributed by atoms with Crippen molar-refractivity contribution >= 4 is 23.7 Å². The van der Waals surface area contributed by atoms with E-state index in [-0.39, 0.29) is 22.7 Å². The Hall–Kier alpha value is -2.98. The number of Topliss-reactive ketones (excluding diaryl/α,β-unsaturated/α-hetero) is 2. The van der Waals surface area contributed by atoms with Gasteiger partial charge in [-0.25, -0.2) is 0 Å². The molecule has 1 rings (SSSR count). The number of hydrogen-bond acceptors (Lipinski definition) is 4. The second kappa shape index (κ2) is 7.93. The molecular weight excluding hydrogens is 324 g/mol. The molecule has 0 aliphatic heterocycles. The molecule has 26 heavy (non-hydrogen) atoms. The van der Waals surface area contributed by atoms with Gasteiger partial charge in [-0.05, 0) is 29.3 Å². The van der Waals surface area contributed by atoms with E-state index in [9.17, 15) is 20.1 Å². The average molecular weight is 348 g/mol. The fourth-order valence-electron chi connectivity index (χ4n) is 2.18. The van der Waals surface area contributed by atoms with Crippen LogP contribution in [0, 0.1) is 33.5 Å². The van der Waals surface area contributed by atoms with Crippen molar-refractivity contribution in [3.8, 4) is 12.1 Å². The first-order chi connectivity index (χ1) is 11.9. The summed E-state index contributed by atoms with van der Waals surface area (Å²) in [6.07, 6.45) is 3.06. The number of benzene rings is 1. The largest absolute Gasteiger partial charge is 0.293 e. The summed E-state index contributed by atoms with van der Waals surface area (Å²) in [5.41, 5.74) is 0.176. The van der Waals surface area contributed by atoms with E-state index >= 15 is 0 Å². The Kier molecular flexibility index (Phi) is 6.43. The molecule has 0 aromatic heterocycles. The number of allylic oxidation sites excluding steroid dienone is 2. The van der Waals surface area contributed by atoms with Gasteiger partial charge in [0.15, 0.2) is 11.6 Å². The van der Waals surface area contributed by atoms with Crippen molar-refractivity contribution in [1.29, 1.82) is 10.5 Å². The Bertz CT molecular complexity index is 792. The minimum atomic E-state index is -0.647. The molecule has 1 aromatic carbocycles. The van der Waals surface area contributed by atoms with Gasteiger partial charge in [-0.15, -0.1) is 0 Å². The predicted octanol–water partition coefficient (Wildman–Crippen LogP) is 4.73. The molecule has 4 heteroatoms. The van der Waals surface area contributed by atoms with Crippen LogP contribution < -0.4 is 0 Å². The summed E-state index contributed by atoms with van der Waals surface area (Å²) >= 11 is 0. The highest BCUT2D eigenvalue weighted by Gasteiger charge is 2.26. The molecule has 134 valence electrons. The zero-order valence-corrected chi connectivity index (χ0v) is 16.2. The molecule has 0 aliphatic rings. The summed E-state index contributed by atoms with van der Waals surface area (Å²) in [6.45, 7) is 10.6. The van der Waals surface area contributed by atoms with Gasteiger partial charge in [-0.3, -0.25) is 9.59 Å². The fraction of sp³-hybridized carbons (Fsp3) is 0.364. The van der Waals surface area contributed by atoms with Crippen LogP contribution in [-0.4, -0.2) is 11.6 Å². The number of rotatable bonds is 4. The van der Waals surface area contributed by atoms with Gasteiger partial charge in [0.2, 0.25) is 0 Å². The number of nitrogens with zero attached hydrogens (tertiary/aromatic N) is 2. The van der Waals surface area contributed by atoms with E-state index in [0.717, 1.165) is 0 Å². The topological polar surface area (TPSA) is 81.7 Å². The summed E-state index contributed by atoms with van der Waals surface area (Å²) in [5.74, 6) is -0.469. The number of nitriles is 2. The van der Waals surface area contributed by atoms with E-state index in [1.54, 1.807) is 65.8 Å². The van der Waals surface area contributed by atoms with E-state index in [4.69, 9.17) is 0 Å². The van der Waals surface area contributed by atoms with Gasteiger partial charge in [0, 0.05) is 10.8 Å². The molecule has 1 aromatic rings. The van der Waals surface area contributed by atoms with Crippen molar-refractivity contribution in [2.24, 2.45) is 10.8 Å². The zero-order chi connectivity index (χ0) is 20.1. The monoisotopic (exact) mass is 348 g/mol. The lowest BCUT2D eigenvalue weighted by Gasteiger charge is -2.15. The Morgan fingerprint density at radius 1 is 0.808 bits per heavy atom. The Labute approximate surface area is 155 Å². The third-order valence-electron chi connectivity index (χ3n) is 3.63. The first-order valence-corrected chi connectivity index (χ1v) is 8.33. The second-order valence-corrected chi connectivity index (χ2v) is 8.17. The van der Waals surface area contributed by atoms with Crippen LogP contribution in [0.25, 0.3) is 12.2 Å². The maximum Gasteiger partial charge on any atom is 0.178 e. The standard InChI is InChI=1S/C22H24N2O2/c1-21(2,3)19(25)17(13-23)11-15-8-7-9-16(10-15)12-18(14-24)20(26)22(4,5)6/h7-12H,1-6H3/b17-11+,18-12+. The van der Waals surface area contributed by atoms with Crippen molar-refractivity contribution in [3.63, 3.8) is 0 Å². The quantitative estimate of drug-likeness (QED) is 0.582. The van der Waals surface area contributed by atoms with Gasteiger partial charge in [0.1, 0.15) is 12.1 Å². The molecule has 0 saturated carbocycles. The number of carbonyl (C=O) groups is 2. The van der Waals surface area contributed by atoms with Crippen LogP contribution in [0.4, 0.5) is 0 Å². The fourth-order valence-corrected chi connectivity index (χ4v) is 2.18. The molecule has 0 heterocycles. The smallest absolute Gasteiger partial charge is 0.178 e. The molecule has 0 unspecified atom stereocenters. The third kappa shape index (κ3) is 5.53. The summed E-state index contributed by atoms with van der Waals surface area (Å²) in [4.78, 5) is 24.6. The van der Waals surface area contributed by atoms with E-state index in [1.807, 2.05) is 12.1 Å². The Balaban J connectivity index is 3.32. The molecule has 0 saturated heterocycles. The highest BCUT2D eigenvalue weighted by atomic mass is 16.1. The van der Waals surface area contributed by atoms with Crippen molar-refractivity contribution in [2.75, 3.05) is 0 Å². The average Bonchev–Trinajstić information content (AvgIpc) is 2.55. The first-order valence-electron chi connectivity index (χ1n) is 8.33. The molecule has 0 N–H and O–H groups in total. The zero-order valence-electron chi connectivity index (χ0n) is 16.2. The summed E-state index contributed by atoms with van der Waals surface area (Å²) < 4.78 is 0. The maximum atomic E-state index is 12.3. The summed E-state index contributed by atoms with van der Waals surface area (Å²) in [5, 5.41) is 18.6. The number of carbonyl (C=O) groups excluding carboxylic acids is 2. The lowest BCUT2D eigenvalue weighted by molar-refractivity contribution is -0.122. The number of hydrogen-bond donors (Lipinski definition) is 0. The van der Waals surface area contributed by atoms with Crippen LogP contribution >= 0.6 is 0 Å². The SMILES string of the molecule is CC(C)(C)C(=O)/C(C#N)=C/c1cccc(/C=C(\C#N)C(=O)C(C)(C)C)c1. The molecule has 0 bridgehead atoms. The van der Waals surface area contributed by atoms with Crippen molar-refractivity contribution < 1.29 is 9.59 Å². The van der Waals surface area contributed by atoms with Gasteiger partial charge in [0.25, 0.3) is 0 Å². The highest BCUT2D eigenvalue weighted by Crippen LogP contribution is 2.23. The van der Waals surface area contributed by atoms with Crippen LogP contribution in [-0.2, 0) is 9.59 Å². The molecule has 4 nitrogen and oxygen atoms in total. The van der Waals surface area contributed by atoms with E-state index < -0.39 is 10.8 Å². The van der Waals surface area contributed by atoms with Crippen LogP contribution in [0.2, 0.25) is 0 Å². The molecule has 0 aliphatic carbocycles. The second-order valence-electron chi connectivity index (χ2n) is 8.17. The lowest BCUT2D eigenvalue weighted by Crippen LogP contribution is -2.21. The number of ketones is 2. The summed E-state index contributed by atoms with van der Waals surface area (Å²) in [7, 11) is 0.